The molecule has 0 saturated heterocycles. The van der Waals surface area contributed by atoms with Gasteiger partial charge in [0.1, 0.15) is 16.0 Å². The first-order valence-corrected chi connectivity index (χ1v) is 7.03. The molecular formula is C14H22BrNO3. The third-order valence-electron chi connectivity index (χ3n) is 3.20. The van der Waals surface area contributed by atoms with E-state index in [1.807, 2.05) is 19.1 Å². The van der Waals surface area contributed by atoms with E-state index in [1.54, 1.807) is 21.3 Å². The lowest BCUT2D eigenvalue weighted by Gasteiger charge is -2.19. The van der Waals surface area contributed by atoms with Crippen LogP contribution in [0.3, 0.4) is 0 Å². The Balaban J connectivity index is 2.90. The number of nitrogens with two attached hydrogens (primary N) is 1. The quantitative estimate of drug-likeness (QED) is 0.833. The van der Waals surface area contributed by atoms with Gasteiger partial charge in [-0.05, 0) is 47.8 Å². The van der Waals surface area contributed by atoms with E-state index in [0.29, 0.717) is 0 Å². The van der Waals surface area contributed by atoms with Crippen LogP contribution in [0.5, 0.6) is 11.5 Å². The van der Waals surface area contributed by atoms with Crippen LogP contribution in [0.4, 0.5) is 0 Å². The molecule has 108 valence electrons. The Morgan fingerprint density at radius 3 is 2.37 bits per heavy atom. The number of halogens is 1. The lowest BCUT2D eigenvalue weighted by Crippen LogP contribution is -2.15. The summed E-state index contributed by atoms with van der Waals surface area (Å²) in [4.78, 5) is 0. The SMILES string of the molecule is COc1ccc(C(N)CCC(C)OC)c(OC)c1Br. The average molecular weight is 332 g/mol. The van der Waals surface area contributed by atoms with Gasteiger partial charge in [-0.3, -0.25) is 0 Å². The Hall–Kier alpha value is -0.780. The van der Waals surface area contributed by atoms with Crippen molar-refractivity contribution in [2.45, 2.75) is 31.9 Å². The maximum Gasteiger partial charge on any atom is 0.141 e. The standard InChI is InChI=1S/C14H22BrNO3/c1-9(17-2)5-7-11(16)10-6-8-12(18-3)13(15)14(10)19-4/h6,8-9,11H,5,7,16H2,1-4H3. The van der Waals surface area contributed by atoms with E-state index < -0.39 is 0 Å². The zero-order valence-corrected chi connectivity index (χ0v) is 13.5. The van der Waals surface area contributed by atoms with Crippen LogP contribution >= 0.6 is 15.9 Å². The minimum absolute atomic E-state index is 0.0882. The van der Waals surface area contributed by atoms with Crippen molar-refractivity contribution in [3.63, 3.8) is 0 Å². The molecule has 2 N–H and O–H groups in total. The fraction of sp³-hybridized carbons (Fsp3) is 0.571. The maximum absolute atomic E-state index is 6.24. The molecule has 19 heavy (non-hydrogen) atoms. The number of ether oxygens (including phenoxy) is 3. The summed E-state index contributed by atoms with van der Waals surface area (Å²) in [6.07, 6.45) is 1.95. The molecule has 0 aromatic heterocycles. The molecular weight excluding hydrogens is 310 g/mol. The van der Waals surface area contributed by atoms with Gasteiger partial charge in [0.15, 0.2) is 0 Å². The summed E-state index contributed by atoms with van der Waals surface area (Å²) in [5, 5.41) is 0. The molecule has 0 aliphatic carbocycles. The summed E-state index contributed by atoms with van der Waals surface area (Å²) in [5.74, 6) is 1.47. The highest BCUT2D eigenvalue weighted by molar-refractivity contribution is 9.10. The van der Waals surface area contributed by atoms with Gasteiger partial charge in [-0.25, -0.2) is 0 Å². The first kappa shape index (κ1) is 16.3. The molecule has 1 rings (SSSR count). The molecule has 1 aromatic rings. The van der Waals surface area contributed by atoms with Crippen LogP contribution in [0.2, 0.25) is 0 Å². The van der Waals surface area contributed by atoms with Crippen molar-refractivity contribution in [1.82, 2.24) is 0 Å². The van der Waals surface area contributed by atoms with Crippen LogP contribution in [-0.2, 0) is 4.74 Å². The second-order valence-corrected chi connectivity index (χ2v) is 5.23. The second-order valence-electron chi connectivity index (χ2n) is 4.43. The van der Waals surface area contributed by atoms with Gasteiger partial charge in [-0.2, -0.15) is 0 Å². The molecule has 0 aliphatic rings. The Morgan fingerprint density at radius 2 is 1.84 bits per heavy atom. The van der Waals surface area contributed by atoms with Crippen LogP contribution in [0.25, 0.3) is 0 Å². The van der Waals surface area contributed by atoms with Crippen LogP contribution in [0, 0.1) is 0 Å². The Morgan fingerprint density at radius 1 is 1.16 bits per heavy atom. The van der Waals surface area contributed by atoms with Crippen LogP contribution in [-0.4, -0.2) is 27.4 Å². The van der Waals surface area contributed by atoms with Crippen molar-refractivity contribution in [2.75, 3.05) is 21.3 Å². The van der Waals surface area contributed by atoms with Crippen molar-refractivity contribution in [2.24, 2.45) is 5.73 Å². The smallest absolute Gasteiger partial charge is 0.141 e. The molecule has 0 fully saturated rings. The fourth-order valence-corrected chi connectivity index (χ4v) is 2.58. The molecule has 0 radical (unpaired) electrons. The van der Waals surface area contributed by atoms with E-state index in [1.165, 1.54) is 0 Å². The molecule has 5 heteroatoms. The highest BCUT2D eigenvalue weighted by Gasteiger charge is 2.18. The predicted octanol–water partition coefficient (Wildman–Crippen LogP) is 3.28. The van der Waals surface area contributed by atoms with Crippen molar-refractivity contribution in [3.05, 3.63) is 22.2 Å². The van der Waals surface area contributed by atoms with Crippen molar-refractivity contribution in [1.29, 1.82) is 0 Å². The number of hydrogen-bond donors (Lipinski definition) is 1. The number of rotatable bonds is 7. The third-order valence-corrected chi connectivity index (χ3v) is 3.95. The van der Waals surface area contributed by atoms with E-state index in [9.17, 15) is 0 Å². The van der Waals surface area contributed by atoms with Crippen molar-refractivity contribution < 1.29 is 14.2 Å². The summed E-state index contributed by atoms with van der Waals surface area (Å²) >= 11 is 3.48. The normalized spacial score (nSPS) is 14.0. The molecule has 2 atom stereocenters. The average Bonchev–Trinajstić information content (AvgIpc) is 2.43. The summed E-state index contributed by atoms with van der Waals surface area (Å²) in [6, 6.07) is 3.75. The maximum atomic E-state index is 6.24. The highest BCUT2D eigenvalue weighted by atomic mass is 79.9. The molecule has 0 saturated carbocycles. The summed E-state index contributed by atoms with van der Waals surface area (Å²) < 4.78 is 16.7. The molecule has 1 aromatic carbocycles. The van der Waals surface area contributed by atoms with Gasteiger partial charge >= 0.3 is 0 Å². The lowest BCUT2D eigenvalue weighted by molar-refractivity contribution is 0.107. The molecule has 0 spiro atoms. The van der Waals surface area contributed by atoms with E-state index in [0.717, 1.165) is 34.4 Å². The molecule has 4 nitrogen and oxygen atoms in total. The predicted molar refractivity (Wildman–Crippen MR) is 79.9 cm³/mol. The second kappa shape index (κ2) is 7.72. The van der Waals surface area contributed by atoms with E-state index in [4.69, 9.17) is 19.9 Å². The van der Waals surface area contributed by atoms with Gasteiger partial charge in [0.05, 0.1) is 20.3 Å². The van der Waals surface area contributed by atoms with E-state index in [2.05, 4.69) is 15.9 Å². The van der Waals surface area contributed by atoms with Gasteiger partial charge in [-0.1, -0.05) is 0 Å². The van der Waals surface area contributed by atoms with Crippen LogP contribution in [0.1, 0.15) is 31.4 Å². The van der Waals surface area contributed by atoms with E-state index >= 15 is 0 Å². The van der Waals surface area contributed by atoms with E-state index in [-0.39, 0.29) is 12.1 Å². The number of methoxy groups -OCH3 is 3. The van der Waals surface area contributed by atoms with Gasteiger partial charge in [-0.15, -0.1) is 0 Å². The topological polar surface area (TPSA) is 53.7 Å². The fourth-order valence-electron chi connectivity index (χ4n) is 1.90. The number of benzene rings is 1. The van der Waals surface area contributed by atoms with Crippen molar-refractivity contribution >= 4 is 15.9 Å². The molecule has 0 aliphatic heterocycles. The molecule has 2 unspecified atom stereocenters. The Kier molecular flexibility index (Phi) is 6.62. The van der Waals surface area contributed by atoms with Gasteiger partial charge < -0.3 is 19.9 Å². The minimum atomic E-state index is -0.0882. The molecule has 0 heterocycles. The summed E-state index contributed by atoms with van der Waals surface area (Å²) in [5.41, 5.74) is 7.21. The first-order valence-electron chi connectivity index (χ1n) is 6.23. The zero-order valence-electron chi connectivity index (χ0n) is 11.9. The lowest BCUT2D eigenvalue weighted by atomic mass is 10.00. The molecule has 0 bridgehead atoms. The van der Waals surface area contributed by atoms with Gasteiger partial charge in [0, 0.05) is 18.7 Å². The van der Waals surface area contributed by atoms with Crippen LogP contribution < -0.4 is 15.2 Å². The van der Waals surface area contributed by atoms with Gasteiger partial charge in [0.2, 0.25) is 0 Å². The largest absolute Gasteiger partial charge is 0.495 e. The third kappa shape index (κ3) is 4.09. The minimum Gasteiger partial charge on any atom is -0.495 e. The zero-order chi connectivity index (χ0) is 14.4. The highest BCUT2D eigenvalue weighted by Crippen LogP contribution is 2.40. The van der Waals surface area contributed by atoms with Crippen molar-refractivity contribution in [3.8, 4) is 11.5 Å². The number of hydrogen-bond acceptors (Lipinski definition) is 4. The van der Waals surface area contributed by atoms with Gasteiger partial charge in [0.25, 0.3) is 0 Å². The van der Waals surface area contributed by atoms with Crippen LogP contribution in [0.15, 0.2) is 16.6 Å². The Labute approximate surface area is 123 Å². The Bertz CT molecular complexity index is 412. The summed E-state index contributed by atoms with van der Waals surface area (Å²) in [6.45, 7) is 2.04. The first-order chi connectivity index (χ1) is 9.04. The summed E-state index contributed by atoms with van der Waals surface area (Å²) in [7, 11) is 4.97. The molecule has 0 amide bonds. The monoisotopic (exact) mass is 331 g/mol.